The standard InChI is InChI=1S/C17H21FN2O5S/c18-13-1-3-14(4-2-13)20-11-17(25-9-16(20)21)10-19(7-8-24-12-17)26(22,23)15-5-6-15/h1-4,15H,5-12H2. The Hall–Kier alpha value is -1.55. The van der Waals surface area contributed by atoms with Crippen LogP contribution in [-0.4, -0.2) is 68.9 Å². The van der Waals surface area contributed by atoms with Gasteiger partial charge in [-0.3, -0.25) is 4.79 Å². The summed E-state index contributed by atoms with van der Waals surface area (Å²) in [5.74, 6) is -0.633. The Bertz CT molecular complexity index is 796. The van der Waals surface area contributed by atoms with Crippen LogP contribution in [-0.2, 0) is 24.3 Å². The number of hydrogen-bond acceptors (Lipinski definition) is 5. The monoisotopic (exact) mass is 384 g/mol. The normalized spacial score (nSPS) is 28.3. The fourth-order valence-corrected chi connectivity index (χ4v) is 5.32. The van der Waals surface area contributed by atoms with Crippen molar-refractivity contribution in [2.45, 2.75) is 23.7 Å². The number of hydrogen-bond donors (Lipinski definition) is 0. The topological polar surface area (TPSA) is 76.1 Å². The number of anilines is 1. The van der Waals surface area contributed by atoms with Gasteiger partial charge in [-0.05, 0) is 37.1 Å². The lowest BCUT2D eigenvalue weighted by molar-refractivity contribution is -0.145. The molecule has 2 heterocycles. The quantitative estimate of drug-likeness (QED) is 0.769. The molecule has 1 spiro atoms. The lowest BCUT2D eigenvalue weighted by Gasteiger charge is -2.42. The predicted molar refractivity (Wildman–Crippen MR) is 91.8 cm³/mol. The van der Waals surface area contributed by atoms with E-state index in [4.69, 9.17) is 9.47 Å². The maximum atomic E-state index is 13.2. The fourth-order valence-electron chi connectivity index (χ4n) is 3.42. The zero-order chi connectivity index (χ0) is 18.4. The van der Waals surface area contributed by atoms with Gasteiger partial charge in [0.2, 0.25) is 10.0 Å². The third-order valence-corrected chi connectivity index (χ3v) is 7.35. The summed E-state index contributed by atoms with van der Waals surface area (Å²) in [6, 6.07) is 5.64. The number of ether oxygens (including phenoxy) is 2. The van der Waals surface area contributed by atoms with Crippen LogP contribution < -0.4 is 4.90 Å². The highest BCUT2D eigenvalue weighted by Gasteiger charge is 2.48. The van der Waals surface area contributed by atoms with Gasteiger partial charge >= 0.3 is 0 Å². The predicted octanol–water partition coefficient (Wildman–Crippen LogP) is 0.752. The van der Waals surface area contributed by atoms with Crippen molar-refractivity contribution in [2.24, 2.45) is 0 Å². The number of carbonyl (C=O) groups excluding carboxylic acids is 1. The van der Waals surface area contributed by atoms with Crippen LogP contribution in [0.25, 0.3) is 0 Å². The van der Waals surface area contributed by atoms with Crippen LogP contribution >= 0.6 is 0 Å². The molecule has 0 radical (unpaired) electrons. The first-order valence-electron chi connectivity index (χ1n) is 8.66. The largest absolute Gasteiger partial charge is 0.377 e. The van der Waals surface area contributed by atoms with E-state index in [0.29, 0.717) is 25.1 Å². The van der Waals surface area contributed by atoms with Gasteiger partial charge in [0.25, 0.3) is 5.91 Å². The average molecular weight is 384 g/mol. The van der Waals surface area contributed by atoms with E-state index in [2.05, 4.69) is 0 Å². The van der Waals surface area contributed by atoms with Crippen molar-refractivity contribution in [3.8, 4) is 0 Å². The number of morpholine rings is 1. The van der Waals surface area contributed by atoms with Crippen molar-refractivity contribution >= 4 is 21.6 Å². The number of carbonyl (C=O) groups is 1. The third-order valence-electron chi connectivity index (χ3n) is 5.01. The van der Waals surface area contributed by atoms with Crippen LogP contribution in [0.15, 0.2) is 24.3 Å². The molecule has 26 heavy (non-hydrogen) atoms. The van der Waals surface area contributed by atoms with E-state index < -0.39 is 15.6 Å². The highest BCUT2D eigenvalue weighted by atomic mass is 32.2. The van der Waals surface area contributed by atoms with Gasteiger partial charge in [-0.25, -0.2) is 12.8 Å². The summed E-state index contributed by atoms with van der Waals surface area (Å²) in [5, 5.41) is -0.309. The van der Waals surface area contributed by atoms with Crippen LogP contribution in [0.4, 0.5) is 10.1 Å². The molecule has 3 aliphatic rings. The molecule has 9 heteroatoms. The molecule has 1 atom stereocenters. The summed E-state index contributed by atoms with van der Waals surface area (Å²) in [7, 11) is -3.37. The Labute approximate surface area is 151 Å². The van der Waals surface area contributed by atoms with Gasteiger partial charge in [0.1, 0.15) is 18.0 Å². The van der Waals surface area contributed by atoms with E-state index in [-0.39, 0.29) is 49.8 Å². The van der Waals surface area contributed by atoms with Gasteiger partial charge < -0.3 is 14.4 Å². The van der Waals surface area contributed by atoms with E-state index in [1.807, 2.05) is 0 Å². The molecule has 1 saturated carbocycles. The Morgan fingerprint density at radius 1 is 1.15 bits per heavy atom. The molecule has 1 amide bonds. The first-order chi connectivity index (χ1) is 12.4. The maximum Gasteiger partial charge on any atom is 0.253 e. The molecule has 1 aliphatic carbocycles. The van der Waals surface area contributed by atoms with Gasteiger partial charge in [0.05, 0.1) is 25.0 Å². The molecule has 1 aromatic carbocycles. The van der Waals surface area contributed by atoms with E-state index in [1.165, 1.54) is 33.5 Å². The number of nitrogens with zero attached hydrogens (tertiary/aromatic N) is 2. The molecule has 3 fully saturated rings. The summed E-state index contributed by atoms with van der Waals surface area (Å²) in [6.45, 7) is 0.924. The second kappa shape index (κ2) is 6.56. The van der Waals surface area contributed by atoms with Crippen molar-refractivity contribution < 1.29 is 27.1 Å². The summed E-state index contributed by atoms with van der Waals surface area (Å²) >= 11 is 0. The molecule has 1 unspecified atom stereocenters. The van der Waals surface area contributed by atoms with E-state index in [1.54, 1.807) is 0 Å². The molecule has 1 aromatic rings. The van der Waals surface area contributed by atoms with Crippen molar-refractivity contribution in [3.05, 3.63) is 30.1 Å². The lowest BCUT2D eigenvalue weighted by atomic mass is 10.0. The number of rotatable bonds is 3. The molecule has 7 nitrogen and oxygen atoms in total. The van der Waals surface area contributed by atoms with Crippen molar-refractivity contribution in [1.29, 1.82) is 0 Å². The molecule has 0 aromatic heterocycles. The maximum absolute atomic E-state index is 13.2. The van der Waals surface area contributed by atoms with Crippen molar-refractivity contribution in [2.75, 3.05) is 44.4 Å². The second-order valence-electron chi connectivity index (χ2n) is 7.06. The molecule has 0 N–H and O–H groups in total. The Morgan fingerprint density at radius 2 is 1.88 bits per heavy atom. The van der Waals surface area contributed by atoms with Crippen LogP contribution in [0, 0.1) is 5.82 Å². The minimum atomic E-state index is -3.37. The first-order valence-corrected chi connectivity index (χ1v) is 10.2. The lowest BCUT2D eigenvalue weighted by Crippen LogP contribution is -2.61. The SMILES string of the molecule is O=C1COC2(COCCN(S(=O)(=O)C3CC3)C2)CN1c1ccc(F)cc1. The Morgan fingerprint density at radius 3 is 2.58 bits per heavy atom. The zero-order valence-corrected chi connectivity index (χ0v) is 15.1. The Balaban J connectivity index is 1.59. The third kappa shape index (κ3) is 3.36. The van der Waals surface area contributed by atoms with Gasteiger partial charge in [0.15, 0.2) is 0 Å². The number of amides is 1. The average Bonchev–Trinajstić information content (AvgIpc) is 3.46. The van der Waals surface area contributed by atoms with Gasteiger partial charge in [0, 0.05) is 18.8 Å². The van der Waals surface area contributed by atoms with E-state index in [9.17, 15) is 17.6 Å². The van der Waals surface area contributed by atoms with E-state index >= 15 is 0 Å². The molecular weight excluding hydrogens is 363 g/mol. The molecule has 0 bridgehead atoms. The van der Waals surface area contributed by atoms with Crippen LogP contribution in [0.2, 0.25) is 0 Å². The van der Waals surface area contributed by atoms with E-state index in [0.717, 1.165) is 0 Å². The molecular formula is C17H21FN2O5S. The fraction of sp³-hybridized carbons (Fsp3) is 0.588. The minimum absolute atomic E-state index is 0.150. The summed E-state index contributed by atoms with van der Waals surface area (Å²) < 4.78 is 51.4. The van der Waals surface area contributed by atoms with Crippen LogP contribution in [0.3, 0.4) is 0 Å². The van der Waals surface area contributed by atoms with Crippen LogP contribution in [0.5, 0.6) is 0 Å². The smallest absolute Gasteiger partial charge is 0.253 e. The molecule has 2 aliphatic heterocycles. The highest BCUT2D eigenvalue weighted by molar-refractivity contribution is 7.90. The van der Waals surface area contributed by atoms with Crippen molar-refractivity contribution in [1.82, 2.24) is 4.31 Å². The van der Waals surface area contributed by atoms with Crippen LogP contribution in [0.1, 0.15) is 12.8 Å². The molecule has 142 valence electrons. The number of benzene rings is 1. The van der Waals surface area contributed by atoms with Crippen molar-refractivity contribution in [3.63, 3.8) is 0 Å². The number of halogens is 1. The summed E-state index contributed by atoms with van der Waals surface area (Å²) in [4.78, 5) is 13.8. The first kappa shape index (κ1) is 17.8. The highest BCUT2D eigenvalue weighted by Crippen LogP contribution is 2.34. The minimum Gasteiger partial charge on any atom is -0.377 e. The molecule has 2 saturated heterocycles. The zero-order valence-electron chi connectivity index (χ0n) is 14.3. The van der Waals surface area contributed by atoms with Gasteiger partial charge in [-0.15, -0.1) is 0 Å². The molecule has 4 rings (SSSR count). The number of sulfonamides is 1. The Kier molecular flexibility index (Phi) is 4.50. The summed E-state index contributed by atoms with van der Waals surface area (Å²) in [5.41, 5.74) is -0.374. The second-order valence-corrected chi connectivity index (χ2v) is 9.27. The summed E-state index contributed by atoms with van der Waals surface area (Å²) in [6.07, 6.45) is 1.38. The van der Waals surface area contributed by atoms with Gasteiger partial charge in [-0.2, -0.15) is 4.31 Å². The van der Waals surface area contributed by atoms with Gasteiger partial charge in [-0.1, -0.05) is 0 Å².